The molecule has 3 fully saturated rings. The van der Waals surface area contributed by atoms with Gasteiger partial charge in [-0.1, -0.05) is 26.2 Å². The smallest absolute Gasteiger partial charge is 0.225 e. The van der Waals surface area contributed by atoms with E-state index in [1.165, 1.54) is 51.7 Å². The van der Waals surface area contributed by atoms with Gasteiger partial charge in [-0.05, 0) is 64.1 Å². The number of nitrogens with one attached hydrogen (secondary N) is 2. The third-order valence-corrected chi connectivity index (χ3v) is 6.84. The van der Waals surface area contributed by atoms with Crippen molar-refractivity contribution in [3.63, 3.8) is 0 Å². The number of guanidine groups is 1. The van der Waals surface area contributed by atoms with Gasteiger partial charge in [-0.25, -0.2) is 0 Å². The van der Waals surface area contributed by atoms with E-state index in [0.717, 1.165) is 57.2 Å². The summed E-state index contributed by atoms with van der Waals surface area (Å²) in [6, 6.07) is 0.322. The molecule has 0 aromatic heterocycles. The number of carbonyl (C=O) groups excluding carboxylic acids is 1. The number of carbonyl (C=O) groups is 1. The number of halogens is 1. The lowest BCUT2D eigenvalue weighted by atomic mass is 9.88. The van der Waals surface area contributed by atoms with Gasteiger partial charge in [0.25, 0.3) is 0 Å². The Kier molecular flexibility index (Phi) is 11.0. The molecular weight excluding hydrogens is 477 g/mol. The molecule has 1 atom stereocenters. The fourth-order valence-electron chi connectivity index (χ4n) is 4.87. The number of aliphatic imine (C=N–C) groups is 1. The molecule has 0 aromatic rings. The Morgan fingerprint density at radius 1 is 1.03 bits per heavy atom. The van der Waals surface area contributed by atoms with Crippen LogP contribution in [0.15, 0.2) is 4.99 Å². The molecule has 2 aliphatic heterocycles. The summed E-state index contributed by atoms with van der Waals surface area (Å²) in [6.45, 7) is 8.69. The lowest BCUT2D eigenvalue weighted by Gasteiger charge is -2.30. The Morgan fingerprint density at radius 2 is 1.76 bits per heavy atom. The Hall–Kier alpha value is -0.570. The van der Waals surface area contributed by atoms with E-state index in [4.69, 9.17) is 0 Å². The molecule has 2 saturated heterocycles. The highest BCUT2D eigenvalue weighted by molar-refractivity contribution is 14.0. The van der Waals surface area contributed by atoms with Crippen LogP contribution in [0.5, 0.6) is 0 Å². The molecule has 0 spiro atoms. The van der Waals surface area contributed by atoms with Gasteiger partial charge in [-0.2, -0.15) is 0 Å². The topological polar surface area (TPSA) is 60.0 Å². The van der Waals surface area contributed by atoms with Crippen LogP contribution >= 0.6 is 24.0 Å². The second-order valence-corrected chi connectivity index (χ2v) is 9.13. The lowest BCUT2D eigenvalue weighted by molar-refractivity contribution is -0.135. The monoisotopic (exact) mass is 519 g/mol. The summed E-state index contributed by atoms with van der Waals surface area (Å²) >= 11 is 0. The summed E-state index contributed by atoms with van der Waals surface area (Å²) in [6.07, 6.45) is 10.8. The summed E-state index contributed by atoms with van der Waals surface area (Å²) in [5, 5.41) is 6.99. The molecule has 3 aliphatic rings. The highest BCUT2D eigenvalue weighted by Gasteiger charge is 2.31. The minimum Gasteiger partial charge on any atom is -0.356 e. The largest absolute Gasteiger partial charge is 0.356 e. The van der Waals surface area contributed by atoms with E-state index in [-0.39, 0.29) is 29.9 Å². The van der Waals surface area contributed by atoms with E-state index in [0.29, 0.717) is 11.9 Å². The zero-order chi connectivity index (χ0) is 19.8. The highest BCUT2D eigenvalue weighted by atomic mass is 127. The van der Waals surface area contributed by atoms with E-state index in [1.807, 2.05) is 7.05 Å². The Balaban J connectivity index is 0.00000300. The molecule has 1 unspecified atom stereocenters. The minimum atomic E-state index is 0. The van der Waals surface area contributed by atoms with Gasteiger partial charge in [0.1, 0.15) is 0 Å². The van der Waals surface area contributed by atoms with Crippen LogP contribution in [0, 0.1) is 11.8 Å². The Morgan fingerprint density at radius 3 is 2.45 bits per heavy atom. The lowest BCUT2D eigenvalue weighted by Crippen LogP contribution is -2.46. The van der Waals surface area contributed by atoms with E-state index < -0.39 is 0 Å². The summed E-state index contributed by atoms with van der Waals surface area (Å²) < 4.78 is 0. The molecule has 6 nitrogen and oxygen atoms in total. The average Bonchev–Trinajstić information content (AvgIpc) is 3.20. The number of nitrogens with zero attached hydrogens (tertiary/aromatic N) is 3. The zero-order valence-corrected chi connectivity index (χ0v) is 20.8. The molecule has 29 heavy (non-hydrogen) atoms. The van der Waals surface area contributed by atoms with Gasteiger partial charge >= 0.3 is 0 Å². The van der Waals surface area contributed by atoms with Crippen molar-refractivity contribution in [2.24, 2.45) is 16.8 Å². The van der Waals surface area contributed by atoms with Crippen LogP contribution in [0.25, 0.3) is 0 Å². The summed E-state index contributed by atoms with van der Waals surface area (Å²) in [5.41, 5.74) is 0. The second kappa shape index (κ2) is 13.0. The van der Waals surface area contributed by atoms with Crippen molar-refractivity contribution in [1.29, 1.82) is 0 Å². The normalized spacial score (nSPS) is 25.0. The maximum absolute atomic E-state index is 12.7. The first kappa shape index (κ1) is 24.7. The number of hydrogen-bond acceptors (Lipinski definition) is 3. The summed E-state index contributed by atoms with van der Waals surface area (Å²) in [7, 11) is 1.83. The molecule has 3 rings (SSSR count). The fourth-order valence-corrected chi connectivity index (χ4v) is 4.87. The van der Waals surface area contributed by atoms with Crippen molar-refractivity contribution in [1.82, 2.24) is 20.4 Å². The highest BCUT2D eigenvalue weighted by Crippen LogP contribution is 2.26. The fraction of sp³-hybridized carbons (Fsp3) is 0.909. The standard InChI is InChI=1S/C22H41N5O.HI/c1-18-9-14-26(15-10-18)13-6-12-24-22(23-2)25-20-11-16-27(17-20)21(28)19-7-4-3-5-8-19;/h18-20H,3-17H2,1-2H3,(H2,23,24,25);1H. The SMILES string of the molecule is CN=C(NCCCN1CCC(C)CC1)NC1CCN(C(=O)C2CCCCC2)C1.I. The molecule has 2 N–H and O–H groups in total. The second-order valence-electron chi connectivity index (χ2n) is 9.13. The first-order valence-corrected chi connectivity index (χ1v) is 11.6. The van der Waals surface area contributed by atoms with Crippen molar-refractivity contribution in [2.45, 2.75) is 70.8 Å². The van der Waals surface area contributed by atoms with Crippen molar-refractivity contribution >= 4 is 35.8 Å². The van der Waals surface area contributed by atoms with E-state index in [1.54, 1.807) is 0 Å². The van der Waals surface area contributed by atoms with E-state index in [2.05, 4.69) is 32.3 Å². The van der Waals surface area contributed by atoms with Crippen LogP contribution in [0.4, 0.5) is 0 Å². The minimum absolute atomic E-state index is 0. The number of rotatable bonds is 6. The number of amides is 1. The molecule has 0 bridgehead atoms. The van der Waals surface area contributed by atoms with E-state index >= 15 is 0 Å². The molecule has 168 valence electrons. The van der Waals surface area contributed by atoms with Crippen LogP contribution < -0.4 is 10.6 Å². The molecule has 1 amide bonds. The molecule has 1 saturated carbocycles. The van der Waals surface area contributed by atoms with Crippen LogP contribution in [-0.2, 0) is 4.79 Å². The van der Waals surface area contributed by atoms with Crippen LogP contribution in [-0.4, -0.2) is 74.0 Å². The van der Waals surface area contributed by atoms with Crippen LogP contribution in [0.1, 0.15) is 64.7 Å². The van der Waals surface area contributed by atoms with Crippen molar-refractivity contribution in [2.75, 3.05) is 46.3 Å². The first-order valence-electron chi connectivity index (χ1n) is 11.6. The van der Waals surface area contributed by atoms with Gasteiger partial charge in [0, 0.05) is 38.6 Å². The molecule has 0 aromatic carbocycles. The summed E-state index contributed by atoms with van der Waals surface area (Å²) in [4.78, 5) is 21.8. The van der Waals surface area contributed by atoms with Crippen LogP contribution in [0.3, 0.4) is 0 Å². The van der Waals surface area contributed by atoms with Gasteiger partial charge in [0.05, 0.1) is 0 Å². The number of piperidine rings is 1. The molecular formula is C22H42IN5O. The maximum Gasteiger partial charge on any atom is 0.225 e. The quantitative estimate of drug-likeness (QED) is 0.245. The zero-order valence-electron chi connectivity index (χ0n) is 18.5. The van der Waals surface area contributed by atoms with Crippen molar-refractivity contribution < 1.29 is 4.79 Å². The molecule has 2 heterocycles. The predicted molar refractivity (Wildman–Crippen MR) is 131 cm³/mol. The van der Waals surface area contributed by atoms with Crippen LogP contribution in [0.2, 0.25) is 0 Å². The van der Waals surface area contributed by atoms with Gasteiger partial charge in [-0.3, -0.25) is 9.79 Å². The molecule has 1 aliphatic carbocycles. The van der Waals surface area contributed by atoms with Crippen molar-refractivity contribution in [3.05, 3.63) is 0 Å². The van der Waals surface area contributed by atoms with Gasteiger partial charge in [-0.15, -0.1) is 24.0 Å². The third-order valence-electron chi connectivity index (χ3n) is 6.84. The molecule has 0 radical (unpaired) electrons. The van der Waals surface area contributed by atoms with Crippen molar-refractivity contribution in [3.8, 4) is 0 Å². The van der Waals surface area contributed by atoms with Gasteiger partial charge in [0.2, 0.25) is 5.91 Å². The van der Waals surface area contributed by atoms with E-state index in [9.17, 15) is 4.79 Å². The van der Waals surface area contributed by atoms with Gasteiger partial charge < -0.3 is 20.4 Å². The third kappa shape index (κ3) is 7.89. The first-order chi connectivity index (χ1) is 13.7. The summed E-state index contributed by atoms with van der Waals surface area (Å²) in [5.74, 6) is 2.45. The predicted octanol–water partition coefficient (Wildman–Crippen LogP) is 3.07. The number of hydrogen-bond donors (Lipinski definition) is 2. The van der Waals surface area contributed by atoms with Gasteiger partial charge in [0.15, 0.2) is 5.96 Å². The maximum atomic E-state index is 12.7. The number of likely N-dealkylation sites (tertiary alicyclic amines) is 2. The average molecular weight is 520 g/mol. The Labute approximate surface area is 194 Å². The Bertz CT molecular complexity index is 515. The molecule has 7 heteroatoms.